The lowest BCUT2D eigenvalue weighted by molar-refractivity contribution is -0.134. The van der Waals surface area contributed by atoms with Crippen LogP contribution in [0.2, 0.25) is 0 Å². The fraction of sp³-hybridized carbons (Fsp3) is 0.741. The molecular formula is C27H46O3S. The largest absolute Gasteiger partial charge is 0.507 e. The summed E-state index contributed by atoms with van der Waals surface area (Å²) >= 11 is 1.74. The van der Waals surface area contributed by atoms with Crippen LogP contribution in [0.3, 0.4) is 0 Å². The van der Waals surface area contributed by atoms with E-state index in [1.54, 1.807) is 11.8 Å². The highest BCUT2D eigenvalue weighted by atomic mass is 32.2. The van der Waals surface area contributed by atoms with Crippen LogP contribution in [0, 0.1) is 0 Å². The van der Waals surface area contributed by atoms with E-state index < -0.39 is 0 Å². The van der Waals surface area contributed by atoms with Crippen LogP contribution in [0.15, 0.2) is 4.90 Å². The highest BCUT2D eigenvalue weighted by molar-refractivity contribution is 7.99. The molecule has 1 N–H and O–H groups in total. The smallest absolute Gasteiger partial charge is 0.310 e. The quantitative estimate of drug-likeness (QED) is 0.159. The third kappa shape index (κ3) is 7.73. The number of carbonyl (C=O) groups excluding carboxylic acids is 1. The van der Waals surface area contributed by atoms with Crippen LogP contribution in [0.25, 0.3) is 0 Å². The Balaban J connectivity index is 3.52. The second kappa shape index (κ2) is 12.2. The number of thioether (sulfide) groups is 1. The van der Waals surface area contributed by atoms with E-state index in [9.17, 15) is 9.90 Å². The summed E-state index contributed by atoms with van der Waals surface area (Å²) in [5.41, 5.74) is 2.25. The topological polar surface area (TPSA) is 46.5 Å². The summed E-state index contributed by atoms with van der Waals surface area (Å²) in [7, 11) is 0. The maximum atomic E-state index is 12.4. The summed E-state index contributed by atoms with van der Waals surface area (Å²) in [6, 6.07) is 0. The first-order chi connectivity index (χ1) is 14.4. The Kier molecular flexibility index (Phi) is 11.0. The predicted octanol–water partition coefficient (Wildman–Crippen LogP) is 8.32. The zero-order valence-corrected chi connectivity index (χ0v) is 22.4. The van der Waals surface area contributed by atoms with Gasteiger partial charge in [0.25, 0.3) is 0 Å². The van der Waals surface area contributed by atoms with Gasteiger partial charge >= 0.3 is 5.97 Å². The van der Waals surface area contributed by atoms with Gasteiger partial charge in [0.05, 0.1) is 4.90 Å². The molecule has 0 aromatic heterocycles. The van der Waals surface area contributed by atoms with Gasteiger partial charge in [-0.2, -0.15) is 0 Å². The Morgan fingerprint density at radius 1 is 0.871 bits per heavy atom. The molecule has 0 heterocycles. The normalized spacial score (nSPS) is 12.3. The lowest BCUT2D eigenvalue weighted by Crippen LogP contribution is -2.22. The van der Waals surface area contributed by atoms with Gasteiger partial charge in [-0.05, 0) is 29.4 Å². The Bertz CT molecular complexity index is 724. The molecule has 0 amide bonds. The van der Waals surface area contributed by atoms with Crippen molar-refractivity contribution in [2.24, 2.45) is 0 Å². The highest BCUT2D eigenvalue weighted by Gasteiger charge is 2.35. The minimum absolute atomic E-state index is 0.221. The van der Waals surface area contributed by atoms with E-state index in [1.165, 1.54) is 32.1 Å². The van der Waals surface area contributed by atoms with Gasteiger partial charge in [0.15, 0.2) is 0 Å². The number of unbranched alkanes of at least 4 members (excludes halogenated alkanes) is 5. The van der Waals surface area contributed by atoms with E-state index in [0.29, 0.717) is 24.3 Å². The molecule has 1 aromatic rings. The van der Waals surface area contributed by atoms with Crippen LogP contribution < -0.4 is 4.74 Å². The first kappa shape index (κ1) is 27.9. The number of phenols is 1. The molecule has 1 aromatic carbocycles. The van der Waals surface area contributed by atoms with Crippen molar-refractivity contribution in [2.75, 3.05) is 5.75 Å². The van der Waals surface area contributed by atoms with Crippen molar-refractivity contribution in [3.8, 4) is 11.5 Å². The Morgan fingerprint density at radius 2 is 1.42 bits per heavy atom. The fourth-order valence-corrected chi connectivity index (χ4v) is 5.46. The van der Waals surface area contributed by atoms with Crippen LogP contribution in [0.5, 0.6) is 11.5 Å². The molecule has 0 radical (unpaired) electrons. The van der Waals surface area contributed by atoms with Crippen molar-refractivity contribution in [3.63, 3.8) is 0 Å². The molecule has 0 aliphatic heterocycles. The zero-order valence-electron chi connectivity index (χ0n) is 21.5. The second-order valence-electron chi connectivity index (χ2n) is 10.5. The molecule has 0 saturated carbocycles. The number of phenolic OH excluding ortho intramolecular Hbond substituents is 1. The summed E-state index contributed by atoms with van der Waals surface area (Å²) in [5, 5.41) is 11.5. The third-order valence-corrected chi connectivity index (χ3v) is 6.76. The predicted molar refractivity (Wildman–Crippen MR) is 135 cm³/mol. The van der Waals surface area contributed by atoms with Crippen LogP contribution in [0.1, 0.15) is 124 Å². The van der Waals surface area contributed by atoms with Gasteiger partial charge in [0.2, 0.25) is 0 Å². The minimum Gasteiger partial charge on any atom is -0.507 e. The summed E-state index contributed by atoms with van der Waals surface area (Å²) in [6.45, 7) is 18.9. The van der Waals surface area contributed by atoms with Crippen molar-refractivity contribution >= 4 is 17.7 Å². The van der Waals surface area contributed by atoms with E-state index in [4.69, 9.17) is 4.74 Å². The van der Waals surface area contributed by atoms with Gasteiger partial charge in [-0.1, -0.05) is 94.4 Å². The van der Waals surface area contributed by atoms with E-state index in [2.05, 4.69) is 55.4 Å². The van der Waals surface area contributed by atoms with E-state index in [0.717, 1.165) is 33.8 Å². The average Bonchev–Trinajstić information content (AvgIpc) is 2.66. The van der Waals surface area contributed by atoms with Gasteiger partial charge in [-0.3, -0.25) is 4.79 Å². The Morgan fingerprint density at radius 3 is 1.90 bits per heavy atom. The third-order valence-electron chi connectivity index (χ3n) is 5.59. The molecule has 1 rings (SSSR count). The van der Waals surface area contributed by atoms with Crippen LogP contribution in [-0.2, 0) is 22.0 Å². The van der Waals surface area contributed by atoms with Crippen LogP contribution in [-0.4, -0.2) is 16.8 Å². The number of carbonyl (C=O) groups is 1. The highest BCUT2D eigenvalue weighted by Crippen LogP contribution is 2.51. The van der Waals surface area contributed by atoms with Crippen LogP contribution >= 0.6 is 11.8 Å². The van der Waals surface area contributed by atoms with Gasteiger partial charge < -0.3 is 9.84 Å². The summed E-state index contributed by atoms with van der Waals surface area (Å²) in [6.07, 6.45) is 8.52. The lowest BCUT2D eigenvalue weighted by atomic mass is 9.76. The fourth-order valence-electron chi connectivity index (χ4n) is 4.07. The van der Waals surface area contributed by atoms with E-state index in [-0.39, 0.29) is 16.8 Å². The summed E-state index contributed by atoms with van der Waals surface area (Å²) < 4.78 is 5.98. The van der Waals surface area contributed by atoms with Crippen LogP contribution in [0.4, 0.5) is 0 Å². The number of ether oxygens (including phenoxy) is 1. The number of aromatic hydroxyl groups is 1. The number of esters is 1. The molecule has 0 spiro atoms. The monoisotopic (exact) mass is 450 g/mol. The van der Waals surface area contributed by atoms with Crippen molar-refractivity contribution in [2.45, 2.75) is 129 Å². The molecule has 0 bridgehead atoms. The van der Waals surface area contributed by atoms with Gasteiger partial charge in [-0.15, -0.1) is 11.8 Å². The number of hydrogen-bond acceptors (Lipinski definition) is 4. The number of benzene rings is 1. The number of rotatable bonds is 11. The van der Waals surface area contributed by atoms with Crippen molar-refractivity contribution in [1.29, 1.82) is 0 Å². The standard InChI is InChI=1S/C27H46O3S/c1-10-13-14-15-16-17-18-31-25-22(27(7,8)9)23(29)21(26(4,5)6)19(11-2)24(25)30-20(28)12-3/h29H,10-18H2,1-9H3. The van der Waals surface area contributed by atoms with E-state index in [1.807, 2.05) is 6.92 Å². The molecule has 0 atom stereocenters. The average molecular weight is 451 g/mol. The number of hydrogen-bond donors (Lipinski definition) is 1. The Labute approximate surface area is 195 Å². The molecule has 0 aliphatic carbocycles. The van der Waals surface area contributed by atoms with Gasteiger partial charge in [0.1, 0.15) is 11.5 Å². The molecule has 0 aliphatic rings. The summed E-state index contributed by atoms with van der Waals surface area (Å²) in [5.74, 6) is 1.79. The minimum atomic E-state index is -0.271. The first-order valence-corrected chi connectivity index (χ1v) is 13.1. The maximum Gasteiger partial charge on any atom is 0.310 e. The molecule has 178 valence electrons. The molecule has 0 fully saturated rings. The Hall–Kier alpha value is -1.16. The molecule has 0 unspecified atom stereocenters. The van der Waals surface area contributed by atoms with Crippen molar-refractivity contribution in [1.82, 2.24) is 0 Å². The zero-order chi connectivity index (χ0) is 23.8. The summed E-state index contributed by atoms with van der Waals surface area (Å²) in [4.78, 5) is 13.3. The second-order valence-corrected chi connectivity index (χ2v) is 11.6. The SMILES string of the molecule is CCCCCCCCSc1c(OC(=O)CC)c(CC)c(C(C)(C)C)c(O)c1C(C)(C)C. The maximum absolute atomic E-state index is 12.4. The van der Waals surface area contributed by atoms with Crippen molar-refractivity contribution < 1.29 is 14.6 Å². The molecular weight excluding hydrogens is 404 g/mol. The molecule has 31 heavy (non-hydrogen) atoms. The first-order valence-electron chi connectivity index (χ1n) is 12.2. The lowest BCUT2D eigenvalue weighted by Gasteiger charge is -2.33. The molecule has 0 saturated heterocycles. The van der Waals surface area contributed by atoms with Crippen molar-refractivity contribution in [3.05, 3.63) is 16.7 Å². The molecule has 3 nitrogen and oxygen atoms in total. The molecule has 4 heteroatoms. The van der Waals surface area contributed by atoms with Gasteiger partial charge in [-0.25, -0.2) is 0 Å². The van der Waals surface area contributed by atoms with E-state index >= 15 is 0 Å². The van der Waals surface area contributed by atoms with Gasteiger partial charge in [0, 0.05) is 23.1 Å².